The summed E-state index contributed by atoms with van der Waals surface area (Å²) in [6, 6.07) is 0. The van der Waals surface area contributed by atoms with Crippen molar-refractivity contribution < 1.29 is 19.5 Å². The smallest absolute Gasteiger partial charge is 0.183 e. The van der Waals surface area contributed by atoms with Crippen LogP contribution in [0, 0.1) is 5.41 Å². The van der Waals surface area contributed by atoms with Crippen molar-refractivity contribution in [3.63, 3.8) is 0 Å². The quantitative estimate of drug-likeness (QED) is 0.216. The minimum absolute atomic E-state index is 0. The van der Waals surface area contributed by atoms with E-state index in [4.69, 9.17) is 5.41 Å². The maximum Gasteiger partial charge on any atom is 0.183 e. The van der Waals surface area contributed by atoms with Crippen LogP contribution in [0.3, 0.4) is 0 Å². The second kappa shape index (κ2) is 3.89. The molecule has 5 N–H and O–H groups in total. The third-order valence-corrected chi connectivity index (χ3v) is 0. The fourth-order valence-corrected chi connectivity index (χ4v) is 0. The van der Waals surface area contributed by atoms with Gasteiger partial charge in [-0.25, -0.2) is 0 Å². The Hall–Kier alpha value is -0.107. The average molecular weight is 124 g/mol. The van der Waals surface area contributed by atoms with Crippen LogP contribution in [0.4, 0.5) is 0 Å². The molecule has 0 atom stereocenters. The standard InChI is InChI=1S/CH5N3.Zn/c2-1(3)4;/h(H5,2,3,4);. The Balaban J connectivity index is 0. The SMILES string of the molecule is N=C(N)N.[Zn]. The molecule has 0 saturated carbocycles. The van der Waals surface area contributed by atoms with E-state index in [1.807, 2.05) is 0 Å². The van der Waals surface area contributed by atoms with Crippen LogP contribution in [0.1, 0.15) is 0 Å². The molecule has 5 heavy (non-hydrogen) atoms. The topological polar surface area (TPSA) is 75.9 Å². The van der Waals surface area contributed by atoms with Gasteiger partial charge in [0, 0.05) is 19.5 Å². The first-order valence-corrected chi connectivity index (χ1v) is 0.827. The molecule has 0 bridgehead atoms. The van der Waals surface area contributed by atoms with E-state index in [-0.39, 0.29) is 25.4 Å². The Labute approximate surface area is 43.0 Å². The molecule has 0 aromatic rings. The molecule has 0 aromatic carbocycles. The van der Waals surface area contributed by atoms with Gasteiger partial charge < -0.3 is 11.5 Å². The maximum absolute atomic E-state index is 6.06. The summed E-state index contributed by atoms with van der Waals surface area (Å²) in [5.74, 6) is -0.333. The van der Waals surface area contributed by atoms with E-state index >= 15 is 0 Å². The molecule has 0 amide bonds. The molecule has 0 saturated heterocycles. The summed E-state index contributed by atoms with van der Waals surface area (Å²) in [6.45, 7) is 0. The number of guanidine groups is 1. The molecule has 26 valence electrons. The fraction of sp³-hybridized carbons (Fsp3) is 0. The molecule has 0 aliphatic heterocycles. The summed E-state index contributed by atoms with van der Waals surface area (Å²) in [4.78, 5) is 0. The molecular formula is CH5N3Zn. The third kappa shape index (κ3) is 1230. The Morgan fingerprint density at radius 2 is 1.40 bits per heavy atom. The van der Waals surface area contributed by atoms with Gasteiger partial charge in [0.25, 0.3) is 0 Å². The van der Waals surface area contributed by atoms with Crippen LogP contribution in [0.2, 0.25) is 0 Å². The van der Waals surface area contributed by atoms with Crippen LogP contribution in [-0.2, 0) is 19.5 Å². The average Bonchev–Trinajstić information content (AvgIpc) is 0.811. The molecule has 0 unspecified atom stereocenters. The molecule has 0 aliphatic rings. The van der Waals surface area contributed by atoms with Gasteiger partial charge in [0.1, 0.15) is 0 Å². The van der Waals surface area contributed by atoms with Crippen LogP contribution >= 0.6 is 0 Å². The molecule has 0 spiro atoms. The van der Waals surface area contributed by atoms with Crippen LogP contribution in [0.5, 0.6) is 0 Å². The summed E-state index contributed by atoms with van der Waals surface area (Å²) < 4.78 is 0. The molecule has 0 aliphatic carbocycles. The predicted octanol–water partition coefficient (Wildman–Crippen LogP) is -1.16. The Morgan fingerprint density at radius 1 is 1.40 bits per heavy atom. The number of nitrogens with one attached hydrogen (secondary N) is 1. The maximum atomic E-state index is 6.06. The molecule has 0 aromatic heterocycles. The van der Waals surface area contributed by atoms with E-state index in [0.717, 1.165) is 0 Å². The zero-order chi connectivity index (χ0) is 3.58. The summed E-state index contributed by atoms with van der Waals surface area (Å²) in [6.07, 6.45) is 0. The van der Waals surface area contributed by atoms with Crippen LogP contribution in [-0.4, -0.2) is 5.96 Å². The minimum Gasteiger partial charge on any atom is -0.370 e. The van der Waals surface area contributed by atoms with Gasteiger partial charge in [-0.05, 0) is 0 Å². The second-order valence-corrected chi connectivity index (χ2v) is 0.455. The first kappa shape index (κ1) is 8.86. The third-order valence-electron chi connectivity index (χ3n) is 0. The predicted molar refractivity (Wildman–Crippen MR) is 16.1 cm³/mol. The molecule has 4 heteroatoms. The number of nitrogens with two attached hydrogens (primary N) is 2. The summed E-state index contributed by atoms with van der Waals surface area (Å²) in [5, 5.41) is 6.06. The van der Waals surface area contributed by atoms with Crippen molar-refractivity contribution in [3.8, 4) is 0 Å². The Morgan fingerprint density at radius 3 is 1.40 bits per heavy atom. The normalized spacial score (nSPS) is 4.80. The molecule has 0 fully saturated rings. The van der Waals surface area contributed by atoms with Gasteiger partial charge >= 0.3 is 0 Å². The van der Waals surface area contributed by atoms with Gasteiger partial charge in [0.2, 0.25) is 0 Å². The van der Waals surface area contributed by atoms with E-state index in [0.29, 0.717) is 0 Å². The number of hydrogen-bond acceptors (Lipinski definition) is 1. The van der Waals surface area contributed by atoms with Crippen molar-refractivity contribution in [2.75, 3.05) is 0 Å². The Bertz CT molecular complexity index is 29.9. The molecule has 0 rings (SSSR count). The van der Waals surface area contributed by atoms with Gasteiger partial charge in [-0.2, -0.15) is 0 Å². The number of rotatable bonds is 0. The van der Waals surface area contributed by atoms with Crippen molar-refractivity contribution in [2.45, 2.75) is 0 Å². The van der Waals surface area contributed by atoms with Crippen molar-refractivity contribution in [1.29, 1.82) is 5.41 Å². The van der Waals surface area contributed by atoms with Gasteiger partial charge in [0.05, 0.1) is 0 Å². The van der Waals surface area contributed by atoms with E-state index in [1.54, 1.807) is 0 Å². The summed E-state index contributed by atoms with van der Waals surface area (Å²) in [5.41, 5.74) is 8.94. The summed E-state index contributed by atoms with van der Waals surface area (Å²) >= 11 is 0. The van der Waals surface area contributed by atoms with Gasteiger partial charge in [-0.3, -0.25) is 5.41 Å². The largest absolute Gasteiger partial charge is 0.370 e. The van der Waals surface area contributed by atoms with Crippen molar-refractivity contribution in [3.05, 3.63) is 0 Å². The van der Waals surface area contributed by atoms with Crippen LogP contribution in [0.15, 0.2) is 0 Å². The van der Waals surface area contributed by atoms with Gasteiger partial charge in [0.15, 0.2) is 5.96 Å². The van der Waals surface area contributed by atoms with Gasteiger partial charge in [-0.1, -0.05) is 0 Å². The monoisotopic (exact) mass is 123 g/mol. The molecule has 3 nitrogen and oxygen atoms in total. The van der Waals surface area contributed by atoms with Gasteiger partial charge in [-0.15, -0.1) is 0 Å². The summed E-state index contributed by atoms with van der Waals surface area (Å²) in [7, 11) is 0. The van der Waals surface area contributed by atoms with Crippen molar-refractivity contribution >= 4 is 5.96 Å². The van der Waals surface area contributed by atoms with E-state index < -0.39 is 0 Å². The van der Waals surface area contributed by atoms with Crippen LogP contribution < -0.4 is 11.5 Å². The number of hydrogen-bond donors (Lipinski definition) is 3. The van der Waals surface area contributed by atoms with Crippen molar-refractivity contribution in [2.24, 2.45) is 11.5 Å². The molecule has 0 radical (unpaired) electrons. The molecular weight excluding hydrogens is 119 g/mol. The van der Waals surface area contributed by atoms with E-state index in [2.05, 4.69) is 11.5 Å². The molecule has 0 heterocycles. The Kier molecular flexibility index (Phi) is 6.90. The zero-order valence-corrected chi connectivity index (χ0v) is 5.83. The van der Waals surface area contributed by atoms with E-state index in [1.165, 1.54) is 0 Å². The second-order valence-electron chi connectivity index (χ2n) is 0.455. The minimum atomic E-state index is -0.333. The van der Waals surface area contributed by atoms with Crippen molar-refractivity contribution in [1.82, 2.24) is 0 Å². The van der Waals surface area contributed by atoms with E-state index in [9.17, 15) is 0 Å². The fourth-order valence-electron chi connectivity index (χ4n) is 0. The first-order valence-electron chi connectivity index (χ1n) is 0.827. The van der Waals surface area contributed by atoms with Crippen LogP contribution in [0.25, 0.3) is 0 Å². The first-order chi connectivity index (χ1) is 1.73. The zero-order valence-electron chi connectivity index (χ0n) is 2.86.